The fourth-order valence-electron chi connectivity index (χ4n) is 4.08. The molecule has 0 unspecified atom stereocenters. The van der Waals surface area contributed by atoms with E-state index < -0.39 is 6.10 Å². The predicted octanol–water partition coefficient (Wildman–Crippen LogP) is 1.34. The molecular weight excluding hydrogens is 321 g/mol. The summed E-state index contributed by atoms with van der Waals surface area (Å²) in [5, 5.41) is 10.4. The standard InChI is InChI=1S/C19H28FN3O2/c1-14-11-21(13-19(25)16-3-5-17(20)6-4-16)12-18(14)23-9-7-22(8-10-23)15(2)24/h3-6,14,18-19,25H,7-13H2,1-2H3/t14-,18+,19-/m0/s1. The number of β-amino-alcohol motifs (C(OH)–C–C–N with tert-alkyl or cyclic N) is 1. The minimum absolute atomic E-state index is 0.156. The van der Waals surface area contributed by atoms with Crippen LogP contribution in [0.25, 0.3) is 0 Å². The maximum Gasteiger partial charge on any atom is 0.219 e. The van der Waals surface area contributed by atoms with Crippen molar-refractivity contribution in [3.05, 3.63) is 35.6 Å². The van der Waals surface area contributed by atoms with Gasteiger partial charge in [-0.1, -0.05) is 19.1 Å². The molecule has 0 saturated carbocycles. The molecule has 1 amide bonds. The quantitative estimate of drug-likeness (QED) is 0.891. The number of nitrogens with zero attached hydrogens (tertiary/aromatic N) is 3. The van der Waals surface area contributed by atoms with Gasteiger partial charge in [0.15, 0.2) is 0 Å². The number of halogens is 1. The minimum Gasteiger partial charge on any atom is -0.387 e. The number of carbonyl (C=O) groups excluding carboxylic acids is 1. The number of rotatable bonds is 4. The third-order valence-corrected chi connectivity index (χ3v) is 5.56. The van der Waals surface area contributed by atoms with Crippen LogP contribution in [-0.2, 0) is 4.79 Å². The lowest BCUT2D eigenvalue weighted by atomic mass is 10.0. The van der Waals surface area contributed by atoms with Crippen molar-refractivity contribution in [1.82, 2.24) is 14.7 Å². The Morgan fingerprint density at radius 3 is 2.44 bits per heavy atom. The molecule has 0 radical (unpaired) electrons. The van der Waals surface area contributed by atoms with Gasteiger partial charge in [-0.3, -0.25) is 14.6 Å². The van der Waals surface area contributed by atoms with Gasteiger partial charge >= 0.3 is 0 Å². The van der Waals surface area contributed by atoms with Crippen LogP contribution < -0.4 is 0 Å². The summed E-state index contributed by atoms with van der Waals surface area (Å²) in [6.07, 6.45) is -0.596. The average molecular weight is 349 g/mol. The van der Waals surface area contributed by atoms with E-state index in [2.05, 4.69) is 16.7 Å². The van der Waals surface area contributed by atoms with Crippen molar-refractivity contribution >= 4 is 5.91 Å². The molecular formula is C19H28FN3O2. The molecule has 5 nitrogen and oxygen atoms in total. The highest BCUT2D eigenvalue weighted by Gasteiger charge is 2.36. The van der Waals surface area contributed by atoms with Gasteiger partial charge in [0.25, 0.3) is 0 Å². The molecule has 1 N–H and O–H groups in total. The van der Waals surface area contributed by atoms with Crippen LogP contribution in [-0.4, -0.2) is 77.6 Å². The zero-order chi connectivity index (χ0) is 18.0. The fourth-order valence-corrected chi connectivity index (χ4v) is 4.08. The second kappa shape index (κ2) is 7.81. The summed E-state index contributed by atoms with van der Waals surface area (Å²) in [7, 11) is 0. The van der Waals surface area contributed by atoms with Crippen LogP contribution >= 0.6 is 0 Å². The number of piperazine rings is 1. The van der Waals surface area contributed by atoms with Gasteiger partial charge in [0.2, 0.25) is 5.91 Å². The van der Waals surface area contributed by atoms with E-state index in [-0.39, 0.29) is 11.7 Å². The summed E-state index contributed by atoms with van der Waals surface area (Å²) in [5.74, 6) is 0.406. The molecule has 2 fully saturated rings. The van der Waals surface area contributed by atoms with E-state index in [1.54, 1.807) is 19.1 Å². The Morgan fingerprint density at radius 1 is 1.20 bits per heavy atom. The van der Waals surface area contributed by atoms with Crippen LogP contribution in [0.15, 0.2) is 24.3 Å². The molecule has 6 heteroatoms. The molecule has 0 aliphatic carbocycles. The summed E-state index contributed by atoms with van der Waals surface area (Å²) in [6.45, 7) is 9.79. The first kappa shape index (κ1) is 18.3. The van der Waals surface area contributed by atoms with Gasteiger partial charge in [0.05, 0.1) is 6.10 Å². The largest absolute Gasteiger partial charge is 0.387 e. The Morgan fingerprint density at radius 2 is 1.84 bits per heavy atom. The molecule has 0 bridgehead atoms. The van der Waals surface area contributed by atoms with Gasteiger partial charge in [-0.25, -0.2) is 4.39 Å². The monoisotopic (exact) mass is 349 g/mol. The first-order valence-electron chi connectivity index (χ1n) is 9.09. The molecule has 1 aromatic carbocycles. The smallest absolute Gasteiger partial charge is 0.219 e. The highest BCUT2D eigenvalue weighted by molar-refractivity contribution is 5.73. The molecule has 2 aliphatic rings. The summed E-state index contributed by atoms with van der Waals surface area (Å²) in [5.41, 5.74) is 0.757. The fraction of sp³-hybridized carbons (Fsp3) is 0.632. The zero-order valence-electron chi connectivity index (χ0n) is 15.1. The third-order valence-electron chi connectivity index (χ3n) is 5.56. The van der Waals surface area contributed by atoms with Crippen molar-refractivity contribution < 1.29 is 14.3 Å². The normalized spacial score (nSPS) is 26.8. The Kier molecular flexibility index (Phi) is 5.71. The van der Waals surface area contributed by atoms with E-state index in [0.29, 0.717) is 18.5 Å². The van der Waals surface area contributed by atoms with Crippen LogP contribution in [0.2, 0.25) is 0 Å². The van der Waals surface area contributed by atoms with Crippen LogP contribution in [0.5, 0.6) is 0 Å². The second-order valence-corrected chi connectivity index (χ2v) is 7.37. The molecule has 0 spiro atoms. The maximum absolute atomic E-state index is 13.0. The molecule has 2 aliphatic heterocycles. The number of aliphatic hydroxyl groups excluding tert-OH is 1. The van der Waals surface area contributed by atoms with Crippen LogP contribution in [0.1, 0.15) is 25.5 Å². The molecule has 25 heavy (non-hydrogen) atoms. The number of hydrogen-bond acceptors (Lipinski definition) is 4. The lowest BCUT2D eigenvalue weighted by molar-refractivity contribution is -0.130. The molecule has 2 saturated heterocycles. The first-order valence-corrected chi connectivity index (χ1v) is 9.09. The van der Waals surface area contributed by atoms with Gasteiger partial charge in [-0.15, -0.1) is 0 Å². The highest BCUT2D eigenvalue weighted by atomic mass is 19.1. The predicted molar refractivity (Wildman–Crippen MR) is 94.6 cm³/mol. The Bertz CT molecular complexity index is 587. The molecule has 138 valence electrons. The van der Waals surface area contributed by atoms with E-state index in [0.717, 1.165) is 44.8 Å². The van der Waals surface area contributed by atoms with Crippen molar-refractivity contribution in [1.29, 1.82) is 0 Å². The number of benzene rings is 1. The Labute approximate surface area is 149 Å². The molecule has 1 aromatic rings. The van der Waals surface area contributed by atoms with E-state index in [1.807, 2.05) is 4.90 Å². The lowest BCUT2D eigenvalue weighted by Crippen LogP contribution is -2.53. The summed E-state index contributed by atoms with van der Waals surface area (Å²) in [4.78, 5) is 18.1. The molecule has 0 aromatic heterocycles. The summed E-state index contributed by atoms with van der Waals surface area (Å²) >= 11 is 0. The Hall–Kier alpha value is -1.50. The number of amides is 1. The number of aliphatic hydroxyl groups is 1. The lowest BCUT2D eigenvalue weighted by Gasteiger charge is -2.39. The topological polar surface area (TPSA) is 47.0 Å². The molecule has 3 atom stereocenters. The van der Waals surface area contributed by atoms with Gasteiger partial charge < -0.3 is 10.0 Å². The van der Waals surface area contributed by atoms with Crippen molar-refractivity contribution in [2.45, 2.75) is 26.0 Å². The van der Waals surface area contributed by atoms with Crippen LogP contribution in [0.4, 0.5) is 4.39 Å². The number of hydrogen-bond donors (Lipinski definition) is 1. The van der Waals surface area contributed by atoms with Crippen LogP contribution in [0.3, 0.4) is 0 Å². The van der Waals surface area contributed by atoms with E-state index in [9.17, 15) is 14.3 Å². The highest BCUT2D eigenvalue weighted by Crippen LogP contribution is 2.25. The van der Waals surface area contributed by atoms with E-state index in [4.69, 9.17) is 0 Å². The zero-order valence-corrected chi connectivity index (χ0v) is 15.1. The van der Waals surface area contributed by atoms with Crippen LogP contribution in [0, 0.1) is 11.7 Å². The summed E-state index contributed by atoms with van der Waals surface area (Å²) < 4.78 is 13.0. The van der Waals surface area contributed by atoms with Crippen molar-refractivity contribution in [3.8, 4) is 0 Å². The van der Waals surface area contributed by atoms with Gasteiger partial charge in [-0.05, 0) is 23.6 Å². The van der Waals surface area contributed by atoms with Gasteiger partial charge in [0.1, 0.15) is 5.82 Å². The Balaban J connectivity index is 1.53. The van der Waals surface area contributed by atoms with Crippen molar-refractivity contribution in [3.63, 3.8) is 0 Å². The van der Waals surface area contributed by atoms with Gasteiger partial charge in [-0.2, -0.15) is 0 Å². The van der Waals surface area contributed by atoms with E-state index >= 15 is 0 Å². The second-order valence-electron chi connectivity index (χ2n) is 7.37. The summed E-state index contributed by atoms with van der Waals surface area (Å²) in [6, 6.07) is 6.55. The third kappa shape index (κ3) is 4.37. The van der Waals surface area contributed by atoms with Crippen molar-refractivity contribution in [2.75, 3.05) is 45.8 Å². The van der Waals surface area contributed by atoms with Gasteiger partial charge in [0, 0.05) is 58.8 Å². The average Bonchev–Trinajstić information content (AvgIpc) is 2.95. The first-order chi connectivity index (χ1) is 11.9. The SMILES string of the molecule is CC(=O)N1CCN([C@@H]2CN(C[C@H](O)c3ccc(F)cc3)C[C@@H]2C)CC1. The maximum atomic E-state index is 13.0. The van der Waals surface area contributed by atoms with E-state index in [1.165, 1.54) is 12.1 Å². The molecule has 3 rings (SSSR count). The number of carbonyl (C=O) groups is 1. The minimum atomic E-state index is -0.596. The number of likely N-dealkylation sites (tertiary alicyclic amines) is 1. The van der Waals surface area contributed by atoms with Crippen molar-refractivity contribution in [2.24, 2.45) is 5.92 Å². The molecule has 2 heterocycles.